The minimum absolute atomic E-state index is 0.115. The number of nitrogens with zero attached hydrogens (tertiary/aromatic N) is 1. The molecule has 0 bridgehead atoms. The van der Waals surface area contributed by atoms with Crippen LogP contribution in [0.25, 0.3) is 10.8 Å². The van der Waals surface area contributed by atoms with Crippen molar-refractivity contribution < 1.29 is 0 Å². The van der Waals surface area contributed by atoms with Crippen LogP contribution in [0, 0.1) is 11.3 Å². The Balaban J connectivity index is 2.29. The van der Waals surface area contributed by atoms with Gasteiger partial charge in [-0.2, -0.15) is 5.26 Å². The number of rotatable bonds is 0. The quantitative estimate of drug-likeness (QED) is 0.629. The smallest absolute Gasteiger partial charge is 0.0718 e. The molecule has 2 aromatic rings. The van der Waals surface area contributed by atoms with Gasteiger partial charge in [0.05, 0.1) is 12.0 Å². The molecule has 72 valence electrons. The zero-order valence-corrected chi connectivity index (χ0v) is 8.40. The highest BCUT2D eigenvalue weighted by Crippen LogP contribution is 2.35. The highest BCUT2D eigenvalue weighted by atomic mass is 14.3. The summed E-state index contributed by atoms with van der Waals surface area (Å²) in [6.45, 7) is 0. The molecule has 0 saturated heterocycles. The summed E-state index contributed by atoms with van der Waals surface area (Å²) in [5, 5.41) is 11.6. The maximum atomic E-state index is 9.03. The van der Waals surface area contributed by atoms with E-state index in [1.807, 2.05) is 6.07 Å². The number of hydrogen-bond donors (Lipinski definition) is 0. The summed E-state index contributed by atoms with van der Waals surface area (Å²) < 4.78 is 0. The number of aryl methyl sites for hydroxylation is 1. The molecule has 0 N–H and O–H groups in total. The van der Waals surface area contributed by atoms with Gasteiger partial charge in [-0.05, 0) is 40.8 Å². The van der Waals surface area contributed by atoms with Crippen LogP contribution >= 0.6 is 0 Å². The summed E-state index contributed by atoms with van der Waals surface area (Å²) in [6, 6.07) is 15.2. The SMILES string of the molecule is N#CC1CCc2cc3ccccc3cc21. The molecule has 0 spiro atoms. The molecule has 0 radical (unpaired) electrons. The Kier molecular flexibility index (Phi) is 1.76. The lowest BCUT2D eigenvalue weighted by atomic mass is 9.99. The fraction of sp³-hybridized carbons (Fsp3) is 0.214. The molecule has 1 nitrogen and oxygen atoms in total. The molecule has 1 heteroatoms. The van der Waals surface area contributed by atoms with Gasteiger partial charge in [0.15, 0.2) is 0 Å². The molecule has 1 aliphatic carbocycles. The van der Waals surface area contributed by atoms with Gasteiger partial charge < -0.3 is 0 Å². The Morgan fingerprint density at radius 3 is 2.60 bits per heavy atom. The predicted octanol–water partition coefficient (Wildman–Crippen LogP) is 3.39. The first kappa shape index (κ1) is 8.49. The Morgan fingerprint density at radius 2 is 1.87 bits per heavy atom. The molecule has 0 aromatic heterocycles. The molecule has 3 rings (SSSR count). The van der Waals surface area contributed by atoms with Crippen LogP contribution in [-0.4, -0.2) is 0 Å². The lowest BCUT2D eigenvalue weighted by molar-refractivity contribution is 0.826. The second-order valence-corrected chi connectivity index (χ2v) is 4.12. The van der Waals surface area contributed by atoms with E-state index in [1.54, 1.807) is 0 Å². The van der Waals surface area contributed by atoms with Crippen molar-refractivity contribution in [2.24, 2.45) is 0 Å². The summed E-state index contributed by atoms with van der Waals surface area (Å²) in [7, 11) is 0. The summed E-state index contributed by atoms with van der Waals surface area (Å²) in [6.07, 6.45) is 2.04. The molecule has 0 heterocycles. The molecule has 0 aliphatic heterocycles. The highest BCUT2D eigenvalue weighted by Gasteiger charge is 2.22. The number of benzene rings is 2. The summed E-state index contributed by atoms with van der Waals surface area (Å²) >= 11 is 0. The molecule has 1 atom stereocenters. The van der Waals surface area contributed by atoms with Gasteiger partial charge in [0.1, 0.15) is 0 Å². The van der Waals surface area contributed by atoms with Crippen LogP contribution in [0.5, 0.6) is 0 Å². The van der Waals surface area contributed by atoms with Crippen LogP contribution in [0.1, 0.15) is 23.5 Å². The topological polar surface area (TPSA) is 23.8 Å². The number of fused-ring (bicyclic) bond motifs is 2. The molecule has 15 heavy (non-hydrogen) atoms. The van der Waals surface area contributed by atoms with E-state index in [9.17, 15) is 0 Å². The van der Waals surface area contributed by atoms with Crippen LogP contribution in [-0.2, 0) is 6.42 Å². The average molecular weight is 193 g/mol. The first-order chi connectivity index (χ1) is 7.38. The van der Waals surface area contributed by atoms with Gasteiger partial charge in [-0.3, -0.25) is 0 Å². The van der Waals surface area contributed by atoms with E-state index >= 15 is 0 Å². The van der Waals surface area contributed by atoms with E-state index in [2.05, 4.69) is 36.4 Å². The molecule has 1 aliphatic rings. The van der Waals surface area contributed by atoms with Crippen molar-refractivity contribution in [3.63, 3.8) is 0 Å². The number of nitriles is 1. The normalized spacial score (nSPS) is 18.7. The standard InChI is InChI=1S/C14H11N/c15-9-13-6-5-12-7-10-3-1-2-4-11(10)8-14(12)13/h1-4,7-8,13H,5-6H2. The fourth-order valence-corrected chi connectivity index (χ4v) is 2.44. The molecular formula is C14H11N. The first-order valence-corrected chi connectivity index (χ1v) is 5.29. The van der Waals surface area contributed by atoms with Crippen molar-refractivity contribution >= 4 is 10.8 Å². The monoisotopic (exact) mass is 193 g/mol. The van der Waals surface area contributed by atoms with Crippen molar-refractivity contribution in [3.8, 4) is 6.07 Å². The van der Waals surface area contributed by atoms with Gasteiger partial charge in [-0.25, -0.2) is 0 Å². The van der Waals surface area contributed by atoms with Crippen molar-refractivity contribution in [1.82, 2.24) is 0 Å². The average Bonchev–Trinajstić information content (AvgIpc) is 2.68. The van der Waals surface area contributed by atoms with Crippen LogP contribution in [0.15, 0.2) is 36.4 Å². The highest BCUT2D eigenvalue weighted by molar-refractivity contribution is 5.84. The van der Waals surface area contributed by atoms with Crippen molar-refractivity contribution in [2.45, 2.75) is 18.8 Å². The summed E-state index contributed by atoms with van der Waals surface area (Å²) in [4.78, 5) is 0. The Bertz CT molecular complexity index is 563. The second kappa shape index (κ2) is 3.10. The lowest BCUT2D eigenvalue weighted by Gasteiger charge is -2.04. The van der Waals surface area contributed by atoms with Gasteiger partial charge in [-0.1, -0.05) is 30.3 Å². The van der Waals surface area contributed by atoms with E-state index < -0.39 is 0 Å². The Hall–Kier alpha value is -1.81. The third-order valence-electron chi connectivity index (χ3n) is 3.24. The van der Waals surface area contributed by atoms with Gasteiger partial charge >= 0.3 is 0 Å². The maximum absolute atomic E-state index is 9.03. The number of hydrogen-bond acceptors (Lipinski definition) is 1. The van der Waals surface area contributed by atoms with E-state index in [0.717, 1.165) is 12.8 Å². The lowest BCUT2D eigenvalue weighted by Crippen LogP contribution is -1.88. The van der Waals surface area contributed by atoms with Crippen LogP contribution in [0.3, 0.4) is 0 Å². The largest absolute Gasteiger partial charge is 0.198 e. The Morgan fingerprint density at radius 1 is 1.13 bits per heavy atom. The zero-order chi connectivity index (χ0) is 10.3. The van der Waals surface area contributed by atoms with Gasteiger partial charge in [0, 0.05) is 0 Å². The molecular weight excluding hydrogens is 182 g/mol. The van der Waals surface area contributed by atoms with Gasteiger partial charge in [0.25, 0.3) is 0 Å². The first-order valence-electron chi connectivity index (χ1n) is 5.29. The van der Waals surface area contributed by atoms with Crippen LogP contribution in [0.4, 0.5) is 0 Å². The van der Waals surface area contributed by atoms with Crippen LogP contribution < -0.4 is 0 Å². The van der Waals surface area contributed by atoms with Crippen molar-refractivity contribution in [3.05, 3.63) is 47.5 Å². The van der Waals surface area contributed by atoms with Gasteiger partial charge in [0.2, 0.25) is 0 Å². The summed E-state index contributed by atoms with van der Waals surface area (Å²) in [5.74, 6) is 0.115. The van der Waals surface area contributed by atoms with E-state index in [4.69, 9.17) is 5.26 Å². The molecule has 0 saturated carbocycles. The van der Waals surface area contributed by atoms with E-state index in [0.29, 0.717) is 0 Å². The molecule has 0 fully saturated rings. The maximum Gasteiger partial charge on any atom is 0.0718 e. The molecule has 0 amide bonds. The zero-order valence-electron chi connectivity index (χ0n) is 8.40. The second-order valence-electron chi connectivity index (χ2n) is 4.12. The predicted molar refractivity (Wildman–Crippen MR) is 60.6 cm³/mol. The fourth-order valence-electron chi connectivity index (χ4n) is 2.44. The van der Waals surface area contributed by atoms with Crippen molar-refractivity contribution in [1.29, 1.82) is 5.26 Å². The molecule has 1 unspecified atom stereocenters. The minimum atomic E-state index is 0.115. The summed E-state index contributed by atoms with van der Waals surface area (Å²) in [5.41, 5.74) is 2.61. The van der Waals surface area contributed by atoms with Crippen molar-refractivity contribution in [2.75, 3.05) is 0 Å². The van der Waals surface area contributed by atoms with E-state index in [-0.39, 0.29) is 5.92 Å². The van der Waals surface area contributed by atoms with Crippen LogP contribution in [0.2, 0.25) is 0 Å². The third kappa shape index (κ3) is 1.22. The third-order valence-corrected chi connectivity index (χ3v) is 3.24. The molecule has 2 aromatic carbocycles. The minimum Gasteiger partial charge on any atom is -0.198 e. The van der Waals surface area contributed by atoms with E-state index in [1.165, 1.54) is 21.9 Å². The Labute approximate surface area is 89.0 Å². The van der Waals surface area contributed by atoms with Gasteiger partial charge in [-0.15, -0.1) is 0 Å².